The normalized spacial score (nSPS) is 39.2. The van der Waals surface area contributed by atoms with Gasteiger partial charge in [0.1, 0.15) is 6.61 Å². The average Bonchev–Trinajstić information content (AvgIpc) is 2.81. The summed E-state index contributed by atoms with van der Waals surface area (Å²) in [6.07, 6.45) is 3.37. The van der Waals surface area contributed by atoms with Crippen molar-refractivity contribution in [3.05, 3.63) is 0 Å². The number of alkyl halides is 2. The van der Waals surface area contributed by atoms with Gasteiger partial charge in [-0.3, -0.25) is 0 Å². The Morgan fingerprint density at radius 2 is 1.87 bits per heavy atom. The average molecular weight is 219 g/mol. The predicted molar refractivity (Wildman–Crippen MR) is 53.8 cm³/mol. The molecule has 0 heterocycles. The Kier molecular flexibility index (Phi) is 3.26. The molecule has 2 atom stereocenters. The van der Waals surface area contributed by atoms with Crippen molar-refractivity contribution in [2.75, 3.05) is 13.2 Å². The highest BCUT2D eigenvalue weighted by atomic mass is 19.3. The maximum absolute atomic E-state index is 11.8. The van der Waals surface area contributed by atoms with E-state index in [9.17, 15) is 8.78 Å². The van der Waals surface area contributed by atoms with Crippen molar-refractivity contribution in [1.29, 1.82) is 0 Å². The van der Waals surface area contributed by atoms with Crippen molar-refractivity contribution in [3.63, 3.8) is 0 Å². The Bertz CT molecular complexity index is 211. The van der Waals surface area contributed by atoms with Gasteiger partial charge in [-0.15, -0.1) is 0 Å². The van der Waals surface area contributed by atoms with E-state index in [-0.39, 0.29) is 5.54 Å². The highest BCUT2D eigenvalue weighted by Gasteiger charge is 2.61. The van der Waals surface area contributed by atoms with Gasteiger partial charge in [-0.05, 0) is 31.1 Å². The molecule has 2 N–H and O–H groups in total. The lowest BCUT2D eigenvalue weighted by Crippen LogP contribution is -2.29. The molecule has 0 aromatic rings. The van der Waals surface area contributed by atoms with Gasteiger partial charge < -0.3 is 10.5 Å². The zero-order valence-corrected chi connectivity index (χ0v) is 8.92. The molecule has 0 spiro atoms. The van der Waals surface area contributed by atoms with Crippen molar-refractivity contribution in [2.24, 2.45) is 17.6 Å². The van der Waals surface area contributed by atoms with Gasteiger partial charge in [-0.1, -0.05) is 12.8 Å². The third-order valence-corrected chi connectivity index (χ3v) is 3.96. The highest BCUT2D eigenvalue weighted by molar-refractivity contribution is 5.16. The molecule has 2 saturated carbocycles. The summed E-state index contributed by atoms with van der Waals surface area (Å²) in [5.41, 5.74) is 6.16. The molecule has 4 heteroatoms. The molecule has 15 heavy (non-hydrogen) atoms. The highest BCUT2D eigenvalue weighted by Crippen LogP contribution is 2.58. The lowest BCUT2D eigenvalue weighted by atomic mass is 10.0. The second kappa shape index (κ2) is 4.34. The lowest BCUT2D eigenvalue weighted by molar-refractivity contribution is 0.0139. The Labute approximate surface area is 89.2 Å². The van der Waals surface area contributed by atoms with Gasteiger partial charge in [-0.2, -0.15) is 0 Å². The maximum Gasteiger partial charge on any atom is 0.261 e. The van der Waals surface area contributed by atoms with Crippen molar-refractivity contribution in [3.8, 4) is 0 Å². The van der Waals surface area contributed by atoms with Crippen molar-refractivity contribution < 1.29 is 13.5 Å². The van der Waals surface area contributed by atoms with Crippen LogP contribution in [0, 0.1) is 11.8 Å². The number of hydrogen-bond donors (Lipinski definition) is 1. The van der Waals surface area contributed by atoms with Crippen molar-refractivity contribution in [1.82, 2.24) is 0 Å². The molecule has 2 aliphatic rings. The quantitative estimate of drug-likeness (QED) is 0.719. The molecule has 2 rings (SSSR count). The van der Waals surface area contributed by atoms with Gasteiger partial charge in [-0.25, -0.2) is 8.78 Å². The number of nitrogens with two attached hydrogens (primary N) is 1. The van der Waals surface area contributed by atoms with Crippen LogP contribution in [0.15, 0.2) is 0 Å². The van der Waals surface area contributed by atoms with Crippen LogP contribution in [-0.2, 0) is 4.74 Å². The number of hydrogen-bond acceptors (Lipinski definition) is 2. The number of ether oxygens (including phenoxy) is 1. The minimum atomic E-state index is -2.36. The number of halogens is 2. The largest absolute Gasteiger partial charge is 0.375 e. The lowest BCUT2D eigenvalue weighted by Gasteiger charge is -2.11. The maximum atomic E-state index is 11.8. The van der Waals surface area contributed by atoms with Gasteiger partial charge in [0, 0.05) is 12.1 Å². The second-order valence-corrected chi connectivity index (χ2v) is 4.83. The summed E-state index contributed by atoms with van der Waals surface area (Å²) in [7, 11) is 0. The molecule has 0 bridgehead atoms. The van der Waals surface area contributed by atoms with Gasteiger partial charge in [0.2, 0.25) is 0 Å². The van der Waals surface area contributed by atoms with E-state index in [1.165, 1.54) is 25.7 Å². The van der Waals surface area contributed by atoms with E-state index < -0.39 is 13.0 Å². The smallest absolute Gasteiger partial charge is 0.261 e. The molecule has 88 valence electrons. The molecule has 2 fully saturated rings. The van der Waals surface area contributed by atoms with Crippen LogP contribution in [-0.4, -0.2) is 25.2 Å². The summed E-state index contributed by atoms with van der Waals surface area (Å²) >= 11 is 0. The Balaban J connectivity index is 1.67. The Morgan fingerprint density at radius 1 is 1.27 bits per heavy atom. The topological polar surface area (TPSA) is 35.2 Å². The third-order valence-electron chi connectivity index (χ3n) is 3.96. The molecular formula is C11H19F2NO. The summed E-state index contributed by atoms with van der Waals surface area (Å²) in [5.74, 6) is 1.28. The Hall–Kier alpha value is -0.220. The summed E-state index contributed by atoms with van der Waals surface area (Å²) in [4.78, 5) is 0. The molecule has 0 saturated heterocycles. The molecule has 2 aliphatic carbocycles. The Morgan fingerprint density at radius 3 is 2.40 bits per heavy atom. The van der Waals surface area contributed by atoms with Crippen molar-refractivity contribution >= 4 is 0 Å². The fourth-order valence-electron chi connectivity index (χ4n) is 3.09. The van der Waals surface area contributed by atoms with E-state index in [1.54, 1.807) is 0 Å². The fraction of sp³-hybridized carbons (Fsp3) is 1.00. The number of rotatable bonds is 5. The first-order chi connectivity index (χ1) is 7.14. The van der Waals surface area contributed by atoms with Crippen LogP contribution in [0.2, 0.25) is 0 Å². The van der Waals surface area contributed by atoms with Crippen LogP contribution < -0.4 is 5.73 Å². The first-order valence-electron chi connectivity index (χ1n) is 5.79. The van der Waals surface area contributed by atoms with Gasteiger partial charge in [0.05, 0.1) is 0 Å². The van der Waals surface area contributed by atoms with Crippen LogP contribution in [0.3, 0.4) is 0 Å². The summed E-state index contributed by atoms with van der Waals surface area (Å²) in [5, 5.41) is 0. The van der Waals surface area contributed by atoms with E-state index in [4.69, 9.17) is 10.5 Å². The molecule has 2 nitrogen and oxygen atoms in total. The van der Waals surface area contributed by atoms with Gasteiger partial charge in [0.25, 0.3) is 6.43 Å². The van der Waals surface area contributed by atoms with E-state index >= 15 is 0 Å². The molecule has 0 aromatic heterocycles. The van der Waals surface area contributed by atoms with E-state index in [0.717, 1.165) is 6.42 Å². The van der Waals surface area contributed by atoms with E-state index in [0.29, 0.717) is 18.4 Å². The fourth-order valence-corrected chi connectivity index (χ4v) is 3.09. The second-order valence-electron chi connectivity index (χ2n) is 4.83. The zero-order valence-electron chi connectivity index (χ0n) is 8.92. The molecule has 0 aromatic carbocycles. The standard InChI is InChI=1S/C11H19F2NO/c12-10(13)7-15-6-5-11(14)8-3-1-2-4-9(8)11/h8-10H,1-7,14H2. The van der Waals surface area contributed by atoms with Crippen molar-refractivity contribution in [2.45, 2.75) is 44.1 Å². The molecule has 0 aliphatic heterocycles. The van der Waals surface area contributed by atoms with Crippen LogP contribution in [0.5, 0.6) is 0 Å². The van der Waals surface area contributed by atoms with Crippen LogP contribution in [0.1, 0.15) is 32.1 Å². The van der Waals surface area contributed by atoms with E-state index in [2.05, 4.69) is 0 Å². The summed E-state index contributed by atoms with van der Waals surface area (Å²) < 4.78 is 28.5. The third kappa shape index (κ3) is 2.31. The number of fused-ring (bicyclic) bond motifs is 1. The zero-order chi connectivity index (χ0) is 10.9. The van der Waals surface area contributed by atoms with Gasteiger partial charge in [0.15, 0.2) is 0 Å². The monoisotopic (exact) mass is 219 g/mol. The van der Waals surface area contributed by atoms with Gasteiger partial charge >= 0.3 is 0 Å². The van der Waals surface area contributed by atoms with Crippen LogP contribution >= 0.6 is 0 Å². The minimum Gasteiger partial charge on any atom is -0.375 e. The molecule has 0 amide bonds. The van der Waals surface area contributed by atoms with Crippen LogP contribution in [0.4, 0.5) is 8.78 Å². The minimum absolute atomic E-state index is 0.0847. The summed E-state index contributed by atoms with van der Waals surface area (Å²) in [6.45, 7) is -0.0702. The molecular weight excluding hydrogens is 200 g/mol. The van der Waals surface area contributed by atoms with Crippen LogP contribution in [0.25, 0.3) is 0 Å². The first-order valence-corrected chi connectivity index (χ1v) is 5.79. The predicted octanol–water partition coefficient (Wildman–Crippen LogP) is 2.18. The first kappa shape index (κ1) is 11.3. The molecule has 0 radical (unpaired) electrons. The van der Waals surface area contributed by atoms with E-state index in [1.807, 2.05) is 0 Å². The summed E-state index contributed by atoms with van der Waals surface area (Å²) in [6, 6.07) is 0. The molecule has 2 unspecified atom stereocenters. The SMILES string of the molecule is NC1(CCOCC(F)F)C2CCCCC21.